The van der Waals surface area contributed by atoms with Gasteiger partial charge in [-0.1, -0.05) is 6.07 Å². The van der Waals surface area contributed by atoms with Crippen molar-refractivity contribution in [2.45, 2.75) is 35.9 Å². The van der Waals surface area contributed by atoms with Crippen LogP contribution >= 0.6 is 11.8 Å². The van der Waals surface area contributed by atoms with Gasteiger partial charge in [-0.3, -0.25) is 4.90 Å². The second kappa shape index (κ2) is 9.04. The summed E-state index contributed by atoms with van der Waals surface area (Å²) in [7, 11) is 5.83. The number of aliphatic hydroxyl groups is 1. The Hall–Kier alpha value is -2.33. The molecule has 4 rings (SSSR count). The largest absolute Gasteiger partial charge is 0.492 e. The van der Waals surface area contributed by atoms with Crippen LogP contribution in [0.1, 0.15) is 23.8 Å². The molecule has 166 valence electrons. The summed E-state index contributed by atoms with van der Waals surface area (Å²) in [4.78, 5) is 4.29. The van der Waals surface area contributed by atoms with E-state index in [1.807, 2.05) is 61.8 Å². The maximum Gasteiger partial charge on any atom is 0.198 e. The van der Waals surface area contributed by atoms with E-state index >= 15 is 0 Å². The molecular formula is C22H29N5O3S. The first kappa shape index (κ1) is 21.9. The molecule has 1 aliphatic rings. The standard InChI is InChI=1S/C22H29N5O3S/c1-22(28,14-25(2)3)17-5-7-19-16(11-17)12-27(9-10-29-19)13-18-6-8-20(30-18)31-21-24-23-15-26(21)4/h5-8,11,15,28H,9-10,12-14H2,1-4H3. The van der Waals surface area contributed by atoms with E-state index in [9.17, 15) is 5.11 Å². The first-order valence-electron chi connectivity index (χ1n) is 10.3. The lowest BCUT2D eigenvalue weighted by atomic mass is 9.93. The highest BCUT2D eigenvalue weighted by Gasteiger charge is 2.26. The third-order valence-electron chi connectivity index (χ3n) is 5.24. The molecule has 1 atom stereocenters. The lowest BCUT2D eigenvalue weighted by Crippen LogP contribution is -2.34. The normalized spacial score (nSPS) is 16.6. The van der Waals surface area contributed by atoms with Gasteiger partial charge in [0.05, 0.1) is 12.1 Å². The van der Waals surface area contributed by atoms with Crippen LogP contribution in [0.5, 0.6) is 5.75 Å². The molecule has 3 heterocycles. The molecule has 1 aromatic carbocycles. The molecule has 1 aliphatic heterocycles. The van der Waals surface area contributed by atoms with Gasteiger partial charge in [-0.25, -0.2) is 0 Å². The van der Waals surface area contributed by atoms with E-state index in [1.165, 1.54) is 11.8 Å². The van der Waals surface area contributed by atoms with Crippen molar-refractivity contribution in [1.29, 1.82) is 0 Å². The van der Waals surface area contributed by atoms with E-state index in [2.05, 4.69) is 21.2 Å². The summed E-state index contributed by atoms with van der Waals surface area (Å²) in [5, 5.41) is 20.5. The molecule has 0 fully saturated rings. The molecule has 9 heteroatoms. The van der Waals surface area contributed by atoms with E-state index in [0.717, 1.165) is 46.0 Å². The smallest absolute Gasteiger partial charge is 0.198 e. The topological polar surface area (TPSA) is 79.8 Å². The van der Waals surface area contributed by atoms with Crippen molar-refractivity contribution < 1.29 is 14.3 Å². The minimum absolute atomic E-state index is 0.550. The van der Waals surface area contributed by atoms with Crippen molar-refractivity contribution in [3.05, 3.63) is 53.5 Å². The minimum Gasteiger partial charge on any atom is -0.492 e. The Balaban J connectivity index is 1.46. The maximum absolute atomic E-state index is 10.9. The zero-order chi connectivity index (χ0) is 22.0. The fourth-order valence-electron chi connectivity index (χ4n) is 3.80. The number of hydrogen-bond donors (Lipinski definition) is 1. The molecule has 3 aromatic rings. The van der Waals surface area contributed by atoms with Crippen LogP contribution in [-0.4, -0.2) is 63.5 Å². The first-order chi connectivity index (χ1) is 14.8. The van der Waals surface area contributed by atoms with Crippen LogP contribution < -0.4 is 4.74 Å². The monoisotopic (exact) mass is 443 g/mol. The molecule has 2 aromatic heterocycles. The van der Waals surface area contributed by atoms with Crippen molar-refractivity contribution in [3.8, 4) is 5.75 Å². The zero-order valence-corrected chi connectivity index (χ0v) is 19.2. The molecule has 0 radical (unpaired) electrons. The average Bonchev–Trinajstić information content (AvgIpc) is 3.24. The van der Waals surface area contributed by atoms with Gasteiger partial charge in [0.2, 0.25) is 0 Å². The van der Waals surface area contributed by atoms with Crippen LogP contribution in [0.3, 0.4) is 0 Å². The number of nitrogens with zero attached hydrogens (tertiary/aromatic N) is 5. The third-order valence-corrected chi connectivity index (χ3v) is 6.22. The van der Waals surface area contributed by atoms with Crippen molar-refractivity contribution in [2.75, 3.05) is 33.8 Å². The number of ether oxygens (including phenoxy) is 1. The van der Waals surface area contributed by atoms with Gasteiger partial charge in [-0.05, 0) is 62.6 Å². The molecule has 31 heavy (non-hydrogen) atoms. The summed E-state index contributed by atoms with van der Waals surface area (Å²) in [6.07, 6.45) is 1.67. The molecule has 8 nitrogen and oxygen atoms in total. The molecule has 0 aliphatic carbocycles. The van der Waals surface area contributed by atoms with E-state index in [0.29, 0.717) is 19.7 Å². The predicted octanol–water partition coefficient (Wildman–Crippen LogP) is 2.72. The lowest BCUT2D eigenvalue weighted by molar-refractivity contribution is 0.0299. The van der Waals surface area contributed by atoms with Gasteiger partial charge in [0.15, 0.2) is 10.2 Å². The Labute approximate surface area is 186 Å². The quantitative estimate of drug-likeness (QED) is 0.597. The van der Waals surface area contributed by atoms with E-state index in [1.54, 1.807) is 6.33 Å². The summed E-state index contributed by atoms with van der Waals surface area (Å²) in [5.74, 6) is 1.77. The zero-order valence-electron chi connectivity index (χ0n) is 18.4. The summed E-state index contributed by atoms with van der Waals surface area (Å²) in [6.45, 7) is 5.22. The van der Waals surface area contributed by atoms with Crippen LogP contribution in [0.25, 0.3) is 0 Å². The summed E-state index contributed by atoms with van der Waals surface area (Å²) < 4.78 is 13.8. The van der Waals surface area contributed by atoms with Gasteiger partial charge < -0.3 is 23.7 Å². The van der Waals surface area contributed by atoms with Gasteiger partial charge in [0.1, 0.15) is 24.4 Å². The number of furan rings is 1. The molecule has 0 bridgehead atoms. The lowest BCUT2D eigenvalue weighted by Gasteiger charge is -2.28. The Morgan fingerprint density at radius 2 is 2.10 bits per heavy atom. The van der Waals surface area contributed by atoms with Gasteiger partial charge in [-0.15, -0.1) is 10.2 Å². The molecule has 0 amide bonds. The number of hydrogen-bond acceptors (Lipinski definition) is 8. The van der Waals surface area contributed by atoms with Crippen molar-refractivity contribution in [1.82, 2.24) is 24.6 Å². The Morgan fingerprint density at radius 1 is 1.26 bits per heavy atom. The number of aromatic nitrogens is 3. The van der Waals surface area contributed by atoms with Crippen LogP contribution in [-0.2, 0) is 25.7 Å². The minimum atomic E-state index is -0.928. The second-order valence-corrected chi connectivity index (χ2v) is 9.41. The van der Waals surface area contributed by atoms with Crippen molar-refractivity contribution in [3.63, 3.8) is 0 Å². The Bertz CT molecular complexity index is 1030. The highest BCUT2D eigenvalue weighted by Crippen LogP contribution is 2.31. The fourth-order valence-corrected chi connectivity index (χ4v) is 4.54. The van der Waals surface area contributed by atoms with Gasteiger partial charge in [0, 0.05) is 32.2 Å². The highest BCUT2D eigenvalue weighted by molar-refractivity contribution is 7.99. The van der Waals surface area contributed by atoms with Crippen molar-refractivity contribution in [2.24, 2.45) is 7.05 Å². The second-order valence-electron chi connectivity index (χ2n) is 8.44. The summed E-state index contributed by atoms with van der Waals surface area (Å²) >= 11 is 1.45. The van der Waals surface area contributed by atoms with E-state index in [-0.39, 0.29) is 0 Å². The first-order valence-corrected chi connectivity index (χ1v) is 11.1. The highest BCUT2D eigenvalue weighted by atomic mass is 32.2. The third kappa shape index (κ3) is 5.30. The molecule has 0 spiro atoms. The fraction of sp³-hybridized carbons (Fsp3) is 0.455. The van der Waals surface area contributed by atoms with Crippen molar-refractivity contribution >= 4 is 11.8 Å². The Kier molecular flexibility index (Phi) is 6.38. The van der Waals surface area contributed by atoms with Crippen LogP contribution in [0.15, 0.2) is 51.3 Å². The van der Waals surface area contributed by atoms with E-state index < -0.39 is 5.60 Å². The molecule has 1 N–H and O–H groups in total. The summed E-state index contributed by atoms with van der Waals surface area (Å²) in [6, 6.07) is 9.97. The molecule has 0 saturated heterocycles. The number of aryl methyl sites for hydroxylation is 1. The number of benzene rings is 1. The number of rotatable bonds is 7. The predicted molar refractivity (Wildman–Crippen MR) is 118 cm³/mol. The van der Waals surface area contributed by atoms with Gasteiger partial charge in [0.25, 0.3) is 0 Å². The van der Waals surface area contributed by atoms with Gasteiger partial charge >= 0.3 is 0 Å². The van der Waals surface area contributed by atoms with Crippen LogP contribution in [0, 0.1) is 0 Å². The Morgan fingerprint density at radius 3 is 2.84 bits per heavy atom. The van der Waals surface area contributed by atoms with Gasteiger partial charge in [-0.2, -0.15) is 0 Å². The SMILES string of the molecule is CN(C)CC(C)(O)c1ccc2c(c1)CN(Cc1ccc(Sc3nncn3C)o1)CCO2. The molecule has 1 unspecified atom stereocenters. The van der Waals surface area contributed by atoms with E-state index in [4.69, 9.17) is 9.15 Å². The number of fused-ring (bicyclic) bond motifs is 1. The average molecular weight is 444 g/mol. The molecule has 0 saturated carbocycles. The maximum atomic E-state index is 10.9. The number of likely N-dealkylation sites (N-methyl/N-ethyl adjacent to an activating group) is 1. The van der Waals surface area contributed by atoms with Crippen LogP contribution in [0.2, 0.25) is 0 Å². The summed E-state index contributed by atoms with van der Waals surface area (Å²) in [5.41, 5.74) is 1.04. The van der Waals surface area contributed by atoms with Crippen LogP contribution in [0.4, 0.5) is 0 Å². The molecular weight excluding hydrogens is 414 g/mol.